The van der Waals surface area contributed by atoms with Crippen LogP contribution in [0.25, 0.3) is 11.3 Å². The molecule has 0 spiro atoms. The molecule has 0 radical (unpaired) electrons. The minimum Gasteiger partial charge on any atom is -0.381 e. The summed E-state index contributed by atoms with van der Waals surface area (Å²) in [4.78, 5) is 29.3. The van der Waals surface area contributed by atoms with E-state index in [1.807, 2.05) is 73.4 Å². The Morgan fingerprint density at radius 3 is 2.42 bits per heavy atom. The zero-order valence-electron chi connectivity index (χ0n) is 19.4. The molecule has 174 valence electrons. The summed E-state index contributed by atoms with van der Waals surface area (Å²) < 4.78 is 0. The number of benzene rings is 2. The number of carbonyl (C=O) groups excluding carboxylic acids is 2. The number of likely N-dealkylation sites (N-methyl/N-ethyl adjacent to an activating group) is 2. The molecule has 2 amide bonds. The molecule has 33 heavy (non-hydrogen) atoms. The predicted molar refractivity (Wildman–Crippen MR) is 134 cm³/mol. The monoisotopic (exact) mass is 466 g/mol. The molecule has 1 heterocycles. The van der Waals surface area contributed by atoms with Crippen molar-refractivity contribution in [3.63, 3.8) is 0 Å². The molecule has 2 aromatic rings. The van der Waals surface area contributed by atoms with Gasteiger partial charge in [0.2, 0.25) is 5.91 Å². The molecule has 2 aliphatic rings. The summed E-state index contributed by atoms with van der Waals surface area (Å²) in [5.41, 5.74) is 4.06. The Balaban J connectivity index is 1.55. The van der Waals surface area contributed by atoms with Crippen molar-refractivity contribution in [2.75, 3.05) is 33.0 Å². The lowest BCUT2D eigenvalue weighted by Crippen LogP contribution is -2.45. The number of amides is 2. The minimum atomic E-state index is -0.124. The molecule has 0 aromatic heterocycles. The second kappa shape index (κ2) is 9.98. The second-order valence-electron chi connectivity index (χ2n) is 9.15. The largest absolute Gasteiger partial charge is 0.381 e. The van der Waals surface area contributed by atoms with Gasteiger partial charge in [-0.2, -0.15) is 0 Å². The molecule has 2 N–H and O–H groups in total. The molecule has 7 heteroatoms. The van der Waals surface area contributed by atoms with Crippen LogP contribution in [0.3, 0.4) is 0 Å². The van der Waals surface area contributed by atoms with Gasteiger partial charge in [0.25, 0.3) is 5.91 Å². The number of carbonyl (C=O) groups is 2. The summed E-state index contributed by atoms with van der Waals surface area (Å²) in [5, 5.41) is 7.24. The number of nitrogens with one attached hydrogen (secondary N) is 2. The first-order valence-corrected chi connectivity index (χ1v) is 11.8. The van der Waals surface area contributed by atoms with Crippen LogP contribution >= 0.6 is 11.6 Å². The summed E-state index contributed by atoms with van der Waals surface area (Å²) in [6.07, 6.45) is 3.73. The number of nitrogens with zero attached hydrogens (tertiary/aromatic N) is 2. The summed E-state index contributed by atoms with van der Waals surface area (Å²) in [7, 11) is 5.74. The lowest BCUT2D eigenvalue weighted by Gasteiger charge is -2.36. The standard InChI is InChI=1S/C26H31ClN4O2/c1-30(2)16-23(32)31(3)20-12-10-19(11-13-20)28-25(17-7-5-4-6-8-17)24-21-14-9-18(27)15-22(21)29-26(24)33/h4-9,14-15,19-20,28H,10-13,16H2,1-3H3,(H,29,33)/t19-,20+. The van der Waals surface area contributed by atoms with Gasteiger partial charge in [-0.25, -0.2) is 0 Å². The second-order valence-corrected chi connectivity index (χ2v) is 9.59. The van der Waals surface area contributed by atoms with Gasteiger partial charge in [-0.3, -0.25) is 9.59 Å². The van der Waals surface area contributed by atoms with E-state index in [2.05, 4.69) is 10.6 Å². The highest BCUT2D eigenvalue weighted by atomic mass is 35.5. The van der Waals surface area contributed by atoms with Gasteiger partial charge >= 0.3 is 0 Å². The molecule has 2 aromatic carbocycles. The van der Waals surface area contributed by atoms with Gasteiger partial charge in [0.15, 0.2) is 0 Å². The smallest absolute Gasteiger partial charge is 0.258 e. The van der Waals surface area contributed by atoms with Crippen LogP contribution in [0.5, 0.6) is 0 Å². The molecule has 4 rings (SSSR count). The number of anilines is 1. The number of fused-ring (bicyclic) bond motifs is 1. The van der Waals surface area contributed by atoms with E-state index >= 15 is 0 Å². The fraction of sp³-hybridized carbons (Fsp3) is 0.385. The molecule has 0 bridgehead atoms. The Bertz CT molecular complexity index is 1060. The van der Waals surface area contributed by atoms with Crippen molar-refractivity contribution in [2.24, 2.45) is 0 Å². The van der Waals surface area contributed by atoms with E-state index in [4.69, 9.17) is 11.6 Å². The molecule has 1 fully saturated rings. The molecule has 0 atom stereocenters. The van der Waals surface area contributed by atoms with E-state index in [1.165, 1.54) is 0 Å². The summed E-state index contributed by atoms with van der Waals surface area (Å²) >= 11 is 6.15. The van der Waals surface area contributed by atoms with Gasteiger partial charge < -0.3 is 20.4 Å². The van der Waals surface area contributed by atoms with E-state index in [-0.39, 0.29) is 23.9 Å². The third kappa shape index (κ3) is 5.23. The SMILES string of the molecule is CN(C)CC(=O)N(C)[C@H]1CC[C@@H](NC(=C2C(=O)Nc3cc(Cl)ccc32)c2ccccc2)CC1. The van der Waals surface area contributed by atoms with Crippen LogP contribution in [0.15, 0.2) is 48.5 Å². The average Bonchev–Trinajstić information content (AvgIpc) is 3.12. The van der Waals surface area contributed by atoms with Gasteiger partial charge in [0, 0.05) is 29.7 Å². The lowest BCUT2D eigenvalue weighted by molar-refractivity contribution is -0.133. The fourth-order valence-corrected chi connectivity index (χ4v) is 4.87. The highest BCUT2D eigenvalue weighted by Gasteiger charge is 2.31. The van der Waals surface area contributed by atoms with Gasteiger partial charge in [-0.1, -0.05) is 48.0 Å². The summed E-state index contributed by atoms with van der Waals surface area (Å²) in [6.45, 7) is 0.428. The number of hydrogen-bond donors (Lipinski definition) is 2. The molecule has 0 unspecified atom stereocenters. The van der Waals surface area contributed by atoms with Gasteiger partial charge in [0.05, 0.1) is 23.5 Å². The van der Waals surface area contributed by atoms with Crippen LogP contribution in [0, 0.1) is 0 Å². The van der Waals surface area contributed by atoms with E-state index in [1.54, 1.807) is 6.07 Å². The first-order valence-electron chi connectivity index (χ1n) is 11.4. The van der Waals surface area contributed by atoms with E-state index in [0.29, 0.717) is 17.1 Å². The van der Waals surface area contributed by atoms with Crippen LogP contribution < -0.4 is 10.6 Å². The summed E-state index contributed by atoms with van der Waals surface area (Å²) in [5.74, 6) is 0.0303. The fourth-order valence-electron chi connectivity index (χ4n) is 4.70. The summed E-state index contributed by atoms with van der Waals surface area (Å²) in [6, 6.07) is 16.0. The van der Waals surface area contributed by atoms with Gasteiger partial charge in [-0.05, 0) is 57.5 Å². The van der Waals surface area contributed by atoms with Crippen LogP contribution in [-0.4, -0.2) is 61.4 Å². The quantitative estimate of drug-likeness (QED) is 0.629. The van der Waals surface area contributed by atoms with Crippen molar-refractivity contribution in [2.45, 2.75) is 37.8 Å². The zero-order chi connectivity index (χ0) is 23.5. The van der Waals surface area contributed by atoms with Crippen LogP contribution in [0.1, 0.15) is 36.8 Å². The molecular weight excluding hydrogens is 436 g/mol. The van der Waals surface area contributed by atoms with Gasteiger partial charge in [-0.15, -0.1) is 0 Å². The van der Waals surface area contributed by atoms with Crippen molar-refractivity contribution in [3.8, 4) is 0 Å². The third-order valence-corrected chi connectivity index (χ3v) is 6.71. The zero-order valence-corrected chi connectivity index (χ0v) is 20.2. The lowest BCUT2D eigenvalue weighted by atomic mass is 9.89. The first-order chi connectivity index (χ1) is 15.8. The third-order valence-electron chi connectivity index (χ3n) is 6.48. The Labute approximate surface area is 200 Å². The van der Waals surface area contributed by atoms with Crippen LogP contribution in [-0.2, 0) is 9.59 Å². The van der Waals surface area contributed by atoms with Crippen LogP contribution in [0.2, 0.25) is 5.02 Å². The highest BCUT2D eigenvalue weighted by molar-refractivity contribution is 6.38. The number of halogens is 1. The normalized spacial score (nSPS) is 21.4. The maximum absolute atomic E-state index is 13.0. The van der Waals surface area contributed by atoms with Crippen molar-refractivity contribution in [3.05, 3.63) is 64.7 Å². The maximum Gasteiger partial charge on any atom is 0.258 e. The van der Waals surface area contributed by atoms with Gasteiger partial charge in [0.1, 0.15) is 0 Å². The van der Waals surface area contributed by atoms with Crippen molar-refractivity contribution < 1.29 is 9.59 Å². The van der Waals surface area contributed by atoms with Crippen molar-refractivity contribution in [1.82, 2.24) is 15.1 Å². The number of hydrogen-bond acceptors (Lipinski definition) is 4. The highest BCUT2D eigenvalue weighted by Crippen LogP contribution is 2.38. The van der Waals surface area contributed by atoms with E-state index < -0.39 is 0 Å². The minimum absolute atomic E-state index is 0.124. The Morgan fingerprint density at radius 2 is 1.76 bits per heavy atom. The molecule has 0 saturated heterocycles. The van der Waals surface area contributed by atoms with E-state index in [0.717, 1.165) is 48.2 Å². The average molecular weight is 467 g/mol. The van der Waals surface area contributed by atoms with Crippen molar-refractivity contribution in [1.29, 1.82) is 0 Å². The molecule has 1 aliphatic carbocycles. The number of rotatable bonds is 6. The predicted octanol–water partition coefficient (Wildman–Crippen LogP) is 4.08. The maximum atomic E-state index is 13.0. The Kier molecular flexibility index (Phi) is 7.05. The topological polar surface area (TPSA) is 64.7 Å². The van der Waals surface area contributed by atoms with Crippen LogP contribution in [0.4, 0.5) is 5.69 Å². The molecular formula is C26H31ClN4O2. The Morgan fingerprint density at radius 1 is 1.06 bits per heavy atom. The molecule has 6 nitrogen and oxygen atoms in total. The van der Waals surface area contributed by atoms with Crippen molar-refractivity contribution >= 4 is 40.4 Å². The molecule has 1 aliphatic heterocycles. The van der Waals surface area contributed by atoms with E-state index in [9.17, 15) is 9.59 Å². The Hall–Kier alpha value is -2.83. The molecule has 1 saturated carbocycles. The first kappa shape index (κ1) is 23.3.